The largest absolute Gasteiger partial charge is 0.370 e. The minimum atomic E-state index is 0.709. The van der Waals surface area contributed by atoms with Crippen molar-refractivity contribution in [1.82, 2.24) is 24.7 Å². The molecule has 0 aromatic carbocycles. The molecule has 2 rings (SSSR count). The summed E-state index contributed by atoms with van der Waals surface area (Å²) < 4.78 is 1.60. The average molecular weight is 204 g/mol. The third-order valence-electron chi connectivity index (χ3n) is 1.86. The highest BCUT2D eigenvalue weighted by Crippen LogP contribution is 2.06. The van der Waals surface area contributed by atoms with Crippen molar-refractivity contribution in [3.05, 3.63) is 25.0 Å². The van der Waals surface area contributed by atoms with Gasteiger partial charge in [0.05, 0.1) is 0 Å². The van der Waals surface area contributed by atoms with Gasteiger partial charge in [-0.25, -0.2) is 19.6 Å². The quantitative estimate of drug-likeness (QED) is 0.800. The third-order valence-corrected chi connectivity index (χ3v) is 1.86. The highest BCUT2D eigenvalue weighted by Gasteiger charge is 2.00. The van der Waals surface area contributed by atoms with Crippen molar-refractivity contribution in [3.63, 3.8) is 0 Å². The first-order valence-electron chi connectivity index (χ1n) is 4.81. The molecular formula is C9H12N6. The summed E-state index contributed by atoms with van der Waals surface area (Å²) in [6.45, 7) is 3.00. The summed E-state index contributed by atoms with van der Waals surface area (Å²) in [4.78, 5) is 12.1. The lowest BCUT2D eigenvalue weighted by molar-refractivity contribution is 0.836. The minimum Gasteiger partial charge on any atom is -0.370 e. The Morgan fingerprint density at radius 2 is 2.27 bits per heavy atom. The summed E-state index contributed by atoms with van der Waals surface area (Å²) in [7, 11) is 0. The lowest BCUT2D eigenvalue weighted by atomic mass is 10.4. The van der Waals surface area contributed by atoms with Crippen molar-refractivity contribution in [3.8, 4) is 5.82 Å². The first kappa shape index (κ1) is 9.57. The van der Waals surface area contributed by atoms with Gasteiger partial charge in [0.15, 0.2) is 5.82 Å². The van der Waals surface area contributed by atoms with Crippen LogP contribution in [0.2, 0.25) is 0 Å². The number of hydrogen-bond donors (Lipinski definition) is 1. The summed E-state index contributed by atoms with van der Waals surface area (Å²) in [5.41, 5.74) is 0. The van der Waals surface area contributed by atoms with Crippen LogP contribution in [0.3, 0.4) is 0 Å². The van der Waals surface area contributed by atoms with Crippen LogP contribution in [-0.2, 0) is 0 Å². The summed E-state index contributed by atoms with van der Waals surface area (Å²) in [6.07, 6.45) is 5.64. The highest BCUT2D eigenvalue weighted by atomic mass is 15.3. The second-order valence-electron chi connectivity index (χ2n) is 3.03. The zero-order valence-electron chi connectivity index (χ0n) is 8.46. The van der Waals surface area contributed by atoms with E-state index in [9.17, 15) is 0 Å². The number of rotatable bonds is 4. The van der Waals surface area contributed by atoms with E-state index in [1.807, 2.05) is 6.07 Å². The Labute approximate surface area is 87.4 Å². The van der Waals surface area contributed by atoms with E-state index in [4.69, 9.17) is 0 Å². The standard InChI is InChI=1S/C9H12N6/c1-2-3-11-8-4-9(13-6-12-8)15-7-10-5-14-15/h4-7H,2-3H2,1H3,(H,11,12,13). The fraction of sp³-hybridized carbons (Fsp3) is 0.333. The van der Waals surface area contributed by atoms with Crippen molar-refractivity contribution in [2.24, 2.45) is 0 Å². The zero-order chi connectivity index (χ0) is 10.5. The third kappa shape index (κ3) is 2.28. The molecule has 0 amide bonds. The Balaban J connectivity index is 2.19. The van der Waals surface area contributed by atoms with Crippen LogP contribution in [-0.4, -0.2) is 31.3 Å². The number of aromatic nitrogens is 5. The van der Waals surface area contributed by atoms with Crippen LogP contribution < -0.4 is 5.32 Å². The van der Waals surface area contributed by atoms with Gasteiger partial charge >= 0.3 is 0 Å². The van der Waals surface area contributed by atoms with Gasteiger partial charge in [0.1, 0.15) is 24.8 Å². The molecule has 0 aliphatic carbocycles. The van der Waals surface area contributed by atoms with Gasteiger partial charge in [-0.15, -0.1) is 0 Å². The molecule has 2 aromatic rings. The van der Waals surface area contributed by atoms with Gasteiger partial charge < -0.3 is 5.32 Å². The molecule has 0 radical (unpaired) electrons. The highest BCUT2D eigenvalue weighted by molar-refractivity contribution is 5.39. The molecular weight excluding hydrogens is 192 g/mol. The Kier molecular flexibility index (Phi) is 2.87. The lowest BCUT2D eigenvalue weighted by Crippen LogP contribution is -2.05. The molecule has 0 saturated heterocycles. The molecule has 0 bridgehead atoms. The van der Waals surface area contributed by atoms with E-state index in [-0.39, 0.29) is 0 Å². The van der Waals surface area contributed by atoms with Gasteiger partial charge in [0.25, 0.3) is 0 Å². The summed E-state index contributed by atoms with van der Waals surface area (Å²) in [5.74, 6) is 1.51. The van der Waals surface area contributed by atoms with Crippen molar-refractivity contribution >= 4 is 5.82 Å². The van der Waals surface area contributed by atoms with E-state index < -0.39 is 0 Å². The maximum absolute atomic E-state index is 4.10. The SMILES string of the molecule is CCCNc1cc(-n2cncn2)ncn1. The van der Waals surface area contributed by atoms with E-state index in [0.29, 0.717) is 5.82 Å². The van der Waals surface area contributed by atoms with E-state index in [1.54, 1.807) is 11.0 Å². The summed E-state index contributed by atoms with van der Waals surface area (Å²) in [5, 5.41) is 7.18. The molecule has 6 nitrogen and oxygen atoms in total. The van der Waals surface area contributed by atoms with Crippen LogP contribution in [0.15, 0.2) is 25.0 Å². The van der Waals surface area contributed by atoms with Crippen molar-refractivity contribution < 1.29 is 0 Å². The first-order chi connectivity index (χ1) is 7.40. The molecule has 6 heteroatoms. The van der Waals surface area contributed by atoms with Gasteiger partial charge in [-0.2, -0.15) is 5.10 Å². The fourth-order valence-electron chi connectivity index (χ4n) is 1.15. The number of anilines is 1. The van der Waals surface area contributed by atoms with Crippen molar-refractivity contribution in [1.29, 1.82) is 0 Å². The predicted molar refractivity (Wildman–Crippen MR) is 55.7 cm³/mol. The maximum Gasteiger partial charge on any atom is 0.160 e. The number of nitrogens with one attached hydrogen (secondary N) is 1. The first-order valence-corrected chi connectivity index (χ1v) is 4.81. The smallest absolute Gasteiger partial charge is 0.160 e. The van der Waals surface area contributed by atoms with Gasteiger partial charge in [-0.1, -0.05) is 6.92 Å². The number of hydrogen-bond acceptors (Lipinski definition) is 5. The second kappa shape index (κ2) is 4.50. The lowest BCUT2D eigenvalue weighted by Gasteiger charge is -2.04. The molecule has 78 valence electrons. The zero-order valence-corrected chi connectivity index (χ0v) is 8.46. The monoisotopic (exact) mass is 204 g/mol. The molecule has 15 heavy (non-hydrogen) atoms. The molecule has 0 fully saturated rings. The topological polar surface area (TPSA) is 68.5 Å². The molecule has 0 spiro atoms. The van der Waals surface area contributed by atoms with E-state index in [0.717, 1.165) is 18.8 Å². The average Bonchev–Trinajstić information content (AvgIpc) is 2.80. The molecule has 0 atom stereocenters. The van der Waals surface area contributed by atoms with Crippen LogP contribution in [0, 0.1) is 0 Å². The Hall–Kier alpha value is -1.98. The molecule has 0 aliphatic rings. The summed E-state index contributed by atoms with van der Waals surface area (Å²) >= 11 is 0. The van der Waals surface area contributed by atoms with Gasteiger partial charge in [-0.3, -0.25) is 0 Å². The van der Waals surface area contributed by atoms with Gasteiger partial charge in [0, 0.05) is 12.6 Å². The van der Waals surface area contributed by atoms with Crippen molar-refractivity contribution in [2.45, 2.75) is 13.3 Å². The van der Waals surface area contributed by atoms with E-state index in [2.05, 4.69) is 32.3 Å². The normalized spacial score (nSPS) is 10.2. The van der Waals surface area contributed by atoms with Gasteiger partial charge in [0.2, 0.25) is 0 Å². The number of nitrogens with zero attached hydrogens (tertiary/aromatic N) is 5. The Morgan fingerprint density at radius 1 is 1.33 bits per heavy atom. The van der Waals surface area contributed by atoms with Crippen LogP contribution in [0.1, 0.15) is 13.3 Å². The molecule has 2 heterocycles. The molecule has 0 aliphatic heterocycles. The van der Waals surface area contributed by atoms with Crippen LogP contribution in [0.5, 0.6) is 0 Å². The van der Waals surface area contributed by atoms with Crippen LogP contribution in [0.25, 0.3) is 5.82 Å². The van der Waals surface area contributed by atoms with Gasteiger partial charge in [-0.05, 0) is 6.42 Å². The predicted octanol–water partition coefficient (Wildman–Crippen LogP) is 0.879. The fourth-order valence-corrected chi connectivity index (χ4v) is 1.15. The van der Waals surface area contributed by atoms with E-state index in [1.165, 1.54) is 12.7 Å². The minimum absolute atomic E-state index is 0.709. The molecule has 0 unspecified atom stereocenters. The van der Waals surface area contributed by atoms with Crippen LogP contribution >= 0.6 is 0 Å². The molecule has 1 N–H and O–H groups in total. The van der Waals surface area contributed by atoms with Crippen molar-refractivity contribution in [2.75, 3.05) is 11.9 Å². The summed E-state index contributed by atoms with van der Waals surface area (Å²) in [6, 6.07) is 1.84. The maximum atomic E-state index is 4.10. The Bertz CT molecular complexity index is 410. The van der Waals surface area contributed by atoms with E-state index >= 15 is 0 Å². The molecule has 2 aromatic heterocycles. The Morgan fingerprint density at radius 3 is 3.00 bits per heavy atom. The second-order valence-corrected chi connectivity index (χ2v) is 3.03. The van der Waals surface area contributed by atoms with Crippen LogP contribution in [0.4, 0.5) is 5.82 Å². The molecule has 0 saturated carbocycles.